The normalized spacial score (nSPS) is 28.4. The Hall–Kier alpha value is -3.48. The van der Waals surface area contributed by atoms with Crippen LogP contribution in [0.1, 0.15) is 35.2 Å². The predicted molar refractivity (Wildman–Crippen MR) is 139 cm³/mol. The predicted octanol–water partition coefficient (Wildman–Crippen LogP) is 0.891. The van der Waals surface area contributed by atoms with Gasteiger partial charge in [-0.25, -0.2) is 0 Å². The number of benzene rings is 2. The van der Waals surface area contributed by atoms with Gasteiger partial charge in [0.2, 0.25) is 0 Å². The van der Waals surface area contributed by atoms with Gasteiger partial charge in [0.15, 0.2) is 6.23 Å². The molecule has 2 aromatic carbocycles. The van der Waals surface area contributed by atoms with Gasteiger partial charge in [-0.15, -0.1) is 0 Å². The fourth-order valence-electron chi connectivity index (χ4n) is 5.86. The van der Waals surface area contributed by atoms with Gasteiger partial charge in [0.1, 0.15) is 24.4 Å². The molecule has 1 fully saturated rings. The van der Waals surface area contributed by atoms with Crippen LogP contribution in [-0.4, -0.2) is 88.8 Å². The SMILES string of the molecule is COC(=O)Cc1c([C@@H]2[C@@H](CC(=O)OC)c3ccccc3N2[C@@H]2O[C@H](CO)[C@H](O)[C@H](O)[C@H]2O)[nH]c2ccccc12. The van der Waals surface area contributed by atoms with Gasteiger partial charge in [-0.1, -0.05) is 36.4 Å². The van der Waals surface area contributed by atoms with Crippen molar-refractivity contribution in [3.63, 3.8) is 0 Å². The molecule has 7 atom stereocenters. The van der Waals surface area contributed by atoms with Gasteiger partial charge in [0.25, 0.3) is 0 Å². The van der Waals surface area contributed by atoms with Gasteiger partial charge in [-0.05, 0) is 23.3 Å². The van der Waals surface area contributed by atoms with Crippen LogP contribution in [0, 0.1) is 0 Å². The summed E-state index contributed by atoms with van der Waals surface area (Å²) in [5.74, 6) is -1.42. The van der Waals surface area contributed by atoms with E-state index in [1.807, 2.05) is 42.5 Å². The van der Waals surface area contributed by atoms with Crippen LogP contribution in [0.5, 0.6) is 0 Å². The highest BCUT2D eigenvalue weighted by Gasteiger charge is 2.52. The molecule has 11 nitrogen and oxygen atoms in total. The van der Waals surface area contributed by atoms with Gasteiger partial charge in [-0.3, -0.25) is 9.59 Å². The number of para-hydroxylation sites is 2. The maximum atomic E-state index is 12.7. The summed E-state index contributed by atoms with van der Waals surface area (Å²) in [6.45, 7) is -0.590. The Labute approximate surface area is 224 Å². The largest absolute Gasteiger partial charge is 0.469 e. The minimum atomic E-state index is -1.61. The Balaban J connectivity index is 1.73. The summed E-state index contributed by atoms with van der Waals surface area (Å²) >= 11 is 0. The number of nitrogens with zero attached hydrogens (tertiary/aromatic N) is 1. The number of aliphatic hydroxyl groups is 4. The molecule has 1 saturated heterocycles. The molecule has 208 valence electrons. The van der Waals surface area contributed by atoms with E-state index in [2.05, 4.69) is 4.98 Å². The number of anilines is 1. The van der Waals surface area contributed by atoms with Crippen molar-refractivity contribution in [3.8, 4) is 0 Å². The lowest BCUT2D eigenvalue weighted by atomic mass is 9.87. The first-order chi connectivity index (χ1) is 18.8. The fourth-order valence-corrected chi connectivity index (χ4v) is 5.86. The summed E-state index contributed by atoms with van der Waals surface area (Å²) in [5, 5.41) is 42.9. The standard InChI is InChI=1S/C28H32N2O9/c1-37-21(32)11-16-14-7-3-5-9-18(14)29-23(16)24-17(12-22(33)38-2)15-8-4-6-10-19(15)30(24)28-27(36)26(35)25(34)20(13-31)39-28/h3-10,17,20,24-29,31,34-36H,11-13H2,1-2H3/t17-,20+,24-,25-,26-,27+,28+/m0/s1. The average molecular weight is 541 g/mol. The highest BCUT2D eigenvalue weighted by atomic mass is 16.6. The Morgan fingerprint density at radius 1 is 0.949 bits per heavy atom. The summed E-state index contributed by atoms with van der Waals surface area (Å²) in [7, 11) is 2.61. The topological polar surface area (TPSA) is 162 Å². The van der Waals surface area contributed by atoms with Crippen LogP contribution in [0.3, 0.4) is 0 Å². The number of methoxy groups -OCH3 is 2. The third kappa shape index (κ3) is 4.66. The van der Waals surface area contributed by atoms with Crippen LogP contribution >= 0.6 is 0 Å². The quantitative estimate of drug-likeness (QED) is 0.272. The molecule has 39 heavy (non-hydrogen) atoms. The van der Waals surface area contributed by atoms with Gasteiger partial charge >= 0.3 is 11.9 Å². The van der Waals surface area contributed by atoms with Crippen molar-refractivity contribution < 1.29 is 44.2 Å². The molecule has 2 aliphatic rings. The number of nitrogens with one attached hydrogen (secondary N) is 1. The first-order valence-electron chi connectivity index (χ1n) is 12.7. The second-order valence-corrected chi connectivity index (χ2v) is 9.83. The van der Waals surface area contributed by atoms with Gasteiger partial charge in [-0.2, -0.15) is 0 Å². The van der Waals surface area contributed by atoms with Crippen LogP contribution < -0.4 is 4.90 Å². The first kappa shape index (κ1) is 27.1. The summed E-state index contributed by atoms with van der Waals surface area (Å²) in [5.41, 5.74) is 3.41. The van der Waals surface area contributed by atoms with Crippen molar-refractivity contribution in [2.24, 2.45) is 0 Å². The first-order valence-corrected chi connectivity index (χ1v) is 12.7. The van der Waals surface area contributed by atoms with Gasteiger partial charge in [0.05, 0.1) is 39.7 Å². The van der Waals surface area contributed by atoms with Gasteiger partial charge in [0, 0.05) is 28.2 Å². The second kappa shape index (κ2) is 10.9. The Morgan fingerprint density at radius 3 is 2.36 bits per heavy atom. The van der Waals surface area contributed by atoms with Crippen molar-refractivity contribution in [2.45, 2.75) is 55.4 Å². The summed E-state index contributed by atoms with van der Waals surface area (Å²) in [4.78, 5) is 30.4. The molecule has 3 heterocycles. The Morgan fingerprint density at radius 2 is 1.64 bits per heavy atom. The van der Waals surface area contributed by atoms with Crippen LogP contribution in [0.25, 0.3) is 10.9 Å². The zero-order valence-corrected chi connectivity index (χ0v) is 21.6. The molecule has 5 N–H and O–H groups in total. The number of aromatic nitrogens is 1. The monoisotopic (exact) mass is 540 g/mol. The van der Waals surface area contributed by atoms with E-state index in [0.29, 0.717) is 16.9 Å². The fraction of sp³-hybridized carbons (Fsp3) is 0.429. The lowest BCUT2D eigenvalue weighted by Gasteiger charge is -2.46. The third-order valence-corrected chi connectivity index (χ3v) is 7.74. The smallest absolute Gasteiger partial charge is 0.310 e. The number of hydrogen-bond donors (Lipinski definition) is 5. The number of rotatable bonds is 7. The summed E-state index contributed by atoms with van der Waals surface area (Å²) in [6.07, 6.45) is -7.15. The van der Waals surface area contributed by atoms with Crippen LogP contribution in [0.15, 0.2) is 48.5 Å². The van der Waals surface area contributed by atoms with Crippen molar-refractivity contribution in [3.05, 3.63) is 65.4 Å². The number of aromatic amines is 1. The van der Waals surface area contributed by atoms with E-state index in [9.17, 15) is 30.0 Å². The van der Waals surface area contributed by atoms with Crippen LogP contribution in [-0.2, 0) is 30.2 Å². The number of H-pyrrole nitrogens is 1. The van der Waals surface area contributed by atoms with Crippen molar-refractivity contribution >= 4 is 28.5 Å². The number of carbonyl (C=O) groups excluding carboxylic acids is 2. The van der Waals surface area contributed by atoms with E-state index in [-0.39, 0.29) is 12.8 Å². The van der Waals surface area contributed by atoms with Crippen molar-refractivity contribution in [1.29, 1.82) is 0 Å². The summed E-state index contributed by atoms with van der Waals surface area (Å²) in [6, 6.07) is 14.1. The maximum Gasteiger partial charge on any atom is 0.310 e. The molecule has 5 rings (SSSR count). The zero-order valence-electron chi connectivity index (χ0n) is 21.6. The highest BCUT2D eigenvalue weighted by Crippen LogP contribution is 2.53. The van der Waals surface area contributed by atoms with Gasteiger partial charge < -0.3 is 44.5 Å². The molecule has 0 aliphatic carbocycles. The third-order valence-electron chi connectivity index (χ3n) is 7.74. The lowest BCUT2D eigenvalue weighted by molar-refractivity contribution is -0.230. The van der Waals surface area contributed by atoms with Crippen molar-refractivity contribution in [2.75, 3.05) is 25.7 Å². The van der Waals surface area contributed by atoms with E-state index >= 15 is 0 Å². The molecule has 3 aromatic rings. The van der Waals surface area contributed by atoms with Crippen LogP contribution in [0.2, 0.25) is 0 Å². The number of carbonyl (C=O) groups is 2. The minimum absolute atomic E-state index is 0.0286. The molecule has 0 bridgehead atoms. The number of ether oxygens (including phenoxy) is 3. The molecule has 0 saturated carbocycles. The molecule has 0 amide bonds. The molecular weight excluding hydrogens is 508 g/mol. The average Bonchev–Trinajstić information content (AvgIpc) is 3.47. The van der Waals surface area contributed by atoms with E-state index in [4.69, 9.17) is 14.2 Å². The molecule has 0 unspecified atom stereocenters. The number of aliphatic hydroxyl groups excluding tert-OH is 4. The van der Waals surface area contributed by atoms with E-state index in [1.165, 1.54) is 14.2 Å². The van der Waals surface area contributed by atoms with Crippen LogP contribution in [0.4, 0.5) is 5.69 Å². The number of fused-ring (bicyclic) bond motifs is 2. The maximum absolute atomic E-state index is 12.7. The molecule has 0 spiro atoms. The van der Waals surface area contributed by atoms with E-state index in [0.717, 1.165) is 16.5 Å². The zero-order chi connectivity index (χ0) is 27.8. The minimum Gasteiger partial charge on any atom is -0.469 e. The second-order valence-electron chi connectivity index (χ2n) is 9.83. The Kier molecular flexibility index (Phi) is 7.61. The number of esters is 2. The highest BCUT2D eigenvalue weighted by molar-refractivity contribution is 5.89. The Bertz CT molecular complexity index is 1360. The lowest BCUT2D eigenvalue weighted by Crippen LogP contribution is -2.63. The molecule has 1 aromatic heterocycles. The van der Waals surface area contributed by atoms with E-state index in [1.54, 1.807) is 11.0 Å². The molecule has 2 aliphatic heterocycles. The number of hydrogen-bond acceptors (Lipinski definition) is 10. The summed E-state index contributed by atoms with van der Waals surface area (Å²) < 4.78 is 16.0. The molecule has 11 heteroatoms. The molecular formula is C28H32N2O9. The molecule has 0 radical (unpaired) electrons. The van der Waals surface area contributed by atoms with Crippen molar-refractivity contribution in [1.82, 2.24) is 4.98 Å². The van der Waals surface area contributed by atoms with E-state index < -0.39 is 61.1 Å².